The molecule has 1 aliphatic rings. The number of anilines is 3. The van der Waals surface area contributed by atoms with Gasteiger partial charge in [-0.3, -0.25) is 9.59 Å². The quantitative estimate of drug-likeness (QED) is 0.661. The van der Waals surface area contributed by atoms with Gasteiger partial charge in [0.25, 0.3) is 5.91 Å². The van der Waals surface area contributed by atoms with Crippen molar-refractivity contribution < 1.29 is 9.59 Å². The summed E-state index contributed by atoms with van der Waals surface area (Å²) in [5, 5.41) is 6.06. The Bertz CT molecular complexity index is 1110. The van der Waals surface area contributed by atoms with Gasteiger partial charge in [0, 0.05) is 29.2 Å². The van der Waals surface area contributed by atoms with Gasteiger partial charge in [0.2, 0.25) is 5.91 Å². The Morgan fingerprint density at radius 3 is 2.63 bits per heavy atom. The Balaban J connectivity index is 1.41. The van der Waals surface area contributed by atoms with E-state index < -0.39 is 0 Å². The first-order valence-electron chi connectivity index (χ1n) is 10.1. The maximum atomic E-state index is 13.0. The number of fused-ring (bicyclic) bond motifs is 1. The zero-order valence-electron chi connectivity index (χ0n) is 17.2. The van der Waals surface area contributed by atoms with E-state index in [-0.39, 0.29) is 18.4 Å². The first-order valence-corrected chi connectivity index (χ1v) is 10.1. The van der Waals surface area contributed by atoms with E-state index in [1.165, 1.54) is 5.56 Å². The van der Waals surface area contributed by atoms with E-state index in [4.69, 9.17) is 0 Å². The van der Waals surface area contributed by atoms with Crippen LogP contribution in [0.4, 0.5) is 17.1 Å². The maximum Gasteiger partial charge on any atom is 0.258 e. The van der Waals surface area contributed by atoms with Crippen LogP contribution in [0.1, 0.15) is 27.0 Å². The second kappa shape index (κ2) is 8.41. The van der Waals surface area contributed by atoms with Crippen molar-refractivity contribution in [3.05, 3.63) is 89.0 Å². The van der Waals surface area contributed by atoms with Gasteiger partial charge in [-0.05, 0) is 67.3 Å². The first-order chi connectivity index (χ1) is 14.5. The number of rotatable bonds is 5. The van der Waals surface area contributed by atoms with Crippen molar-refractivity contribution in [1.82, 2.24) is 0 Å². The summed E-state index contributed by atoms with van der Waals surface area (Å²) in [5.41, 5.74) is 6.53. The fourth-order valence-corrected chi connectivity index (χ4v) is 3.73. The highest BCUT2D eigenvalue weighted by Crippen LogP contribution is 2.29. The molecule has 4 rings (SSSR count). The number of hydrogen-bond donors (Lipinski definition) is 2. The van der Waals surface area contributed by atoms with Crippen molar-refractivity contribution in [2.75, 3.05) is 28.6 Å². The number of nitrogens with zero attached hydrogens (tertiary/aromatic N) is 1. The lowest BCUT2D eigenvalue weighted by molar-refractivity contribution is -0.114. The van der Waals surface area contributed by atoms with Crippen molar-refractivity contribution >= 4 is 28.9 Å². The average molecular weight is 399 g/mol. The zero-order chi connectivity index (χ0) is 21.1. The summed E-state index contributed by atoms with van der Waals surface area (Å²) in [7, 11) is 0. The first kappa shape index (κ1) is 19.7. The molecular formula is C25H25N3O2. The summed E-state index contributed by atoms with van der Waals surface area (Å²) < 4.78 is 0. The number of carbonyl (C=O) groups excluding carboxylic acids is 2. The number of hydrogen-bond acceptors (Lipinski definition) is 3. The third kappa shape index (κ3) is 4.06. The van der Waals surface area contributed by atoms with Crippen LogP contribution in [0.2, 0.25) is 0 Å². The highest BCUT2D eigenvalue weighted by Gasteiger charge is 2.25. The van der Waals surface area contributed by atoms with Gasteiger partial charge >= 0.3 is 0 Å². The minimum absolute atomic E-state index is 0.0246. The predicted octanol–water partition coefficient (Wildman–Crippen LogP) is 4.56. The lowest BCUT2D eigenvalue weighted by atomic mass is 10.1. The molecule has 152 valence electrons. The van der Waals surface area contributed by atoms with Crippen molar-refractivity contribution in [2.45, 2.75) is 20.3 Å². The molecule has 0 bridgehead atoms. The number of amides is 2. The molecule has 0 atom stereocenters. The van der Waals surface area contributed by atoms with E-state index in [1.807, 2.05) is 73.3 Å². The Morgan fingerprint density at radius 1 is 0.967 bits per heavy atom. The molecule has 0 radical (unpaired) electrons. The van der Waals surface area contributed by atoms with E-state index in [1.54, 1.807) is 6.07 Å². The molecule has 3 aromatic rings. The summed E-state index contributed by atoms with van der Waals surface area (Å²) >= 11 is 0. The van der Waals surface area contributed by atoms with Gasteiger partial charge in [-0.15, -0.1) is 0 Å². The van der Waals surface area contributed by atoms with Crippen LogP contribution in [-0.2, 0) is 11.2 Å². The Morgan fingerprint density at radius 2 is 1.77 bits per heavy atom. The molecule has 5 nitrogen and oxygen atoms in total. The van der Waals surface area contributed by atoms with Gasteiger partial charge in [0.1, 0.15) is 0 Å². The number of aryl methyl sites for hydroxylation is 1. The Labute approximate surface area is 176 Å². The fourth-order valence-electron chi connectivity index (χ4n) is 3.73. The van der Waals surface area contributed by atoms with Gasteiger partial charge in [0.15, 0.2) is 0 Å². The molecule has 30 heavy (non-hydrogen) atoms. The average Bonchev–Trinajstić information content (AvgIpc) is 3.19. The molecule has 0 saturated heterocycles. The van der Waals surface area contributed by atoms with Gasteiger partial charge in [-0.1, -0.05) is 36.4 Å². The fraction of sp³-hybridized carbons (Fsp3) is 0.200. The number of para-hydroxylation sites is 1. The Kier molecular flexibility index (Phi) is 5.53. The SMILES string of the molecule is Cc1cccc(NC(=O)CNc2cccc(C(=O)N3CCc4ccccc43)c2)c1C. The van der Waals surface area contributed by atoms with Crippen molar-refractivity contribution in [1.29, 1.82) is 0 Å². The van der Waals surface area contributed by atoms with E-state index in [0.29, 0.717) is 12.1 Å². The number of carbonyl (C=O) groups is 2. The second-order valence-electron chi connectivity index (χ2n) is 7.57. The third-order valence-corrected chi connectivity index (χ3v) is 5.57. The molecule has 3 aromatic carbocycles. The number of nitrogens with one attached hydrogen (secondary N) is 2. The van der Waals surface area contributed by atoms with Crippen molar-refractivity contribution in [3.8, 4) is 0 Å². The molecule has 2 amide bonds. The van der Waals surface area contributed by atoms with Crippen LogP contribution in [0, 0.1) is 13.8 Å². The number of benzene rings is 3. The van der Waals surface area contributed by atoms with Crippen LogP contribution < -0.4 is 15.5 Å². The van der Waals surface area contributed by atoms with Crippen molar-refractivity contribution in [2.24, 2.45) is 0 Å². The minimum atomic E-state index is -0.131. The van der Waals surface area contributed by atoms with Crippen molar-refractivity contribution in [3.63, 3.8) is 0 Å². The van der Waals surface area contributed by atoms with Crippen LogP contribution in [0.15, 0.2) is 66.7 Å². The molecule has 0 fully saturated rings. The molecule has 0 spiro atoms. The molecule has 0 saturated carbocycles. The smallest absolute Gasteiger partial charge is 0.258 e. The van der Waals surface area contributed by atoms with E-state index in [0.717, 1.165) is 34.6 Å². The van der Waals surface area contributed by atoms with E-state index in [9.17, 15) is 9.59 Å². The van der Waals surface area contributed by atoms with Gasteiger partial charge in [-0.2, -0.15) is 0 Å². The molecule has 2 N–H and O–H groups in total. The van der Waals surface area contributed by atoms with Gasteiger partial charge in [0.05, 0.1) is 6.54 Å². The second-order valence-corrected chi connectivity index (χ2v) is 7.57. The molecule has 1 aliphatic heterocycles. The summed E-state index contributed by atoms with van der Waals surface area (Å²) in [6.45, 7) is 4.82. The summed E-state index contributed by atoms with van der Waals surface area (Å²) in [4.78, 5) is 27.2. The highest BCUT2D eigenvalue weighted by molar-refractivity contribution is 6.07. The lowest BCUT2D eigenvalue weighted by Crippen LogP contribution is -2.29. The monoisotopic (exact) mass is 399 g/mol. The summed E-state index contributed by atoms with van der Waals surface area (Å²) in [5.74, 6) is -0.155. The van der Waals surface area contributed by atoms with E-state index in [2.05, 4.69) is 16.7 Å². The highest BCUT2D eigenvalue weighted by atomic mass is 16.2. The Hall–Kier alpha value is -3.60. The third-order valence-electron chi connectivity index (χ3n) is 5.57. The molecule has 0 aliphatic carbocycles. The molecular weight excluding hydrogens is 374 g/mol. The summed E-state index contributed by atoms with van der Waals surface area (Å²) in [6, 6.07) is 21.2. The predicted molar refractivity (Wildman–Crippen MR) is 121 cm³/mol. The lowest BCUT2D eigenvalue weighted by Gasteiger charge is -2.18. The largest absolute Gasteiger partial charge is 0.376 e. The van der Waals surface area contributed by atoms with Crippen LogP contribution in [-0.4, -0.2) is 24.9 Å². The van der Waals surface area contributed by atoms with Crippen LogP contribution in [0.5, 0.6) is 0 Å². The minimum Gasteiger partial charge on any atom is -0.376 e. The van der Waals surface area contributed by atoms with Gasteiger partial charge < -0.3 is 15.5 Å². The molecule has 1 heterocycles. The topological polar surface area (TPSA) is 61.4 Å². The summed E-state index contributed by atoms with van der Waals surface area (Å²) in [6.07, 6.45) is 0.873. The normalized spacial score (nSPS) is 12.4. The molecule has 0 aromatic heterocycles. The van der Waals surface area contributed by atoms with Crippen LogP contribution >= 0.6 is 0 Å². The zero-order valence-corrected chi connectivity index (χ0v) is 17.2. The molecule has 0 unspecified atom stereocenters. The van der Waals surface area contributed by atoms with Crippen LogP contribution in [0.3, 0.4) is 0 Å². The maximum absolute atomic E-state index is 13.0. The molecule has 5 heteroatoms. The van der Waals surface area contributed by atoms with Gasteiger partial charge in [-0.25, -0.2) is 0 Å². The standard InChI is InChI=1S/C25H25N3O2/c1-17-7-5-11-22(18(17)2)27-24(29)16-26-21-10-6-9-20(15-21)25(30)28-14-13-19-8-3-4-12-23(19)28/h3-12,15,26H,13-14,16H2,1-2H3,(H,27,29). The van der Waals surface area contributed by atoms with E-state index >= 15 is 0 Å². The van der Waals surface area contributed by atoms with Crippen LogP contribution in [0.25, 0.3) is 0 Å².